The van der Waals surface area contributed by atoms with Crippen molar-refractivity contribution < 1.29 is 14.2 Å². The zero-order valence-corrected chi connectivity index (χ0v) is 18.6. The highest BCUT2D eigenvalue weighted by Crippen LogP contribution is 2.26. The quantitative estimate of drug-likeness (QED) is 0.228. The smallest absolute Gasteiger partial charge is 0.293 e. The first-order chi connectivity index (χ1) is 16.0. The molecule has 0 atom stereocenters. The molecule has 2 aromatic carbocycles. The van der Waals surface area contributed by atoms with Crippen LogP contribution in [0.1, 0.15) is 27.3 Å². The molecule has 4 aromatic rings. The first-order valence-electron chi connectivity index (χ1n) is 9.75. The number of carbonyl (C=O) groups excluding carboxylic acids is 1. The number of rotatable bonds is 8. The molecule has 0 fully saturated rings. The summed E-state index contributed by atoms with van der Waals surface area (Å²) in [7, 11) is 1.59. The molecule has 0 radical (unpaired) electrons. The Bertz CT molecular complexity index is 1270. The summed E-state index contributed by atoms with van der Waals surface area (Å²) < 4.78 is 11.1. The summed E-state index contributed by atoms with van der Waals surface area (Å²) in [6, 6.07) is 15.2. The fourth-order valence-corrected chi connectivity index (χ4v) is 3.70. The van der Waals surface area contributed by atoms with Gasteiger partial charge in [-0.15, -0.1) is 16.9 Å². The summed E-state index contributed by atoms with van der Waals surface area (Å²) in [4.78, 5) is 13.8. The maximum atomic E-state index is 12.8. The van der Waals surface area contributed by atoms with E-state index in [2.05, 4.69) is 35.8 Å². The number of nitrogen functional groups attached to an aromatic ring is 1. The lowest BCUT2D eigenvalue weighted by Gasteiger charge is -2.06. The van der Waals surface area contributed by atoms with Crippen LogP contribution in [0, 0.1) is 6.92 Å². The molecule has 2 aromatic heterocycles. The van der Waals surface area contributed by atoms with Crippen LogP contribution in [0.5, 0.6) is 5.75 Å². The maximum absolute atomic E-state index is 12.8. The minimum atomic E-state index is -0.527. The number of aryl methyl sites for hydroxylation is 1. The van der Waals surface area contributed by atoms with E-state index in [0.717, 1.165) is 21.8 Å². The molecule has 0 saturated heterocycles. The number of nitrogens with zero attached hydrogens (tertiary/aromatic N) is 6. The number of hydrazone groups is 1. The van der Waals surface area contributed by atoms with Gasteiger partial charge in [-0.3, -0.25) is 4.79 Å². The molecule has 11 nitrogen and oxygen atoms in total. The Labute approximate surface area is 193 Å². The average Bonchev–Trinajstić information content (AvgIpc) is 3.44. The SMILES string of the molecule is COc1ccc(/C=N/NC(=O)c2nnn(-c3nonc3N)c2CSc2ccc(C)cc2)cc1. The highest BCUT2D eigenvalue weighted by molar-refractivity contribution is 7.98. The monoisotopic (exact) mass is 464 g/mol. The van der Waals surface area contributed by atoms with E-state index in [9.17, 15) is 4.79 Å². The van der Waals surface area contributed by atoms with Gasteiger partial charge < -0.3 is 10.5 Å². The first-order valence-corrected chi connectivity index (χ1v) is 10.7. The molecule has 0 spiro atoms. The molecular formula is C21H20N8O3S. The summed E-state index contributed by atoms with van der Waals surface area (Å²) in [5.41, 5.74) is 10.8. The van der Waals surface area contributed by atoms with Crippen molar-refractivity contribution in [3.8, 4) is 11.6 Å². The zero-order valence-electron chi connectivity index (χ0n) is 17.8. The van der Waals surface area contributed by atoms with Crippen molar-refractivity contribution in [1.82, 2.24) is 30.7 Å². The maximum Gasteiger partial charge on any atom is 0.293 e. The lowest BCUT2D eigenvalue weighted by molar-refractivity contribution is 0.0949. The number of aromatic nitrogens is 5. The normalized spacial score (nSPS) is 11.1. The second-order valence-electron chi connectivity index (χ2n) is 6.84. The van der Waals surface area contributed by atoms with Crippen molar-refractivity contribution in [3.05, 3.63) is 71.0 Å². The Hall–Kier alpha value is -4.19. The molecule has 0 aliphatic carbocycles. The van der Waals surface area contributed by atoms with Crippen LogP contribution in [0.25, 0.3) is 5.82 Å². The third-order valence-electron chi connectivity index (χ3n) is 4.57. The molecule has 168 valence electrons. The minimum absolute atomic E-state index is 0.0333. The van der Waals surface area contributed by atoms with Gasteiger partial charge in [0.25, 0.3) is 5.91 Å². The third kappa shape index (κ3) is 5.18. The number of nitrogens with one attached hydrogen (secondary N) is 1. The second-order valence-corrected chi connectivity index (χ2v) is 7.89. The van der Waals surface area contributed by atoms with Gasteiger partial charge in [-0.25, -0.2) is 10.1 Å². The van der Waals surface area contributed by atoms with Gasteiger partial charge in [-0.1, -0.05) is 22.9 Å². The predicted octanol–water partition coefficient (Wildman–Crippen LogP) is 2.61. The van der Waals surface area contributed by atoms with Gasteiger partial charge in [0.05, 0.1) is 19.0 Å². The van der Waals surface area contributed by atoms with Crippen LogP contribution in [-0.4, -0.2) is 44.5 Å². The number of hydrogen-bond donors (Lipinski definition) is 2. The third-order valence-corrected chi connectivity index (χ3v) is 5.59. The van der Waals surface area contributed by atoms with E-state index in [4.69, 9.17) is 10.5 Å². The molecule has 0 bridgehead atoms. The van der Waals surface area contributed by atoms with Crippen molar-refractivity contribution in [2.75, 3.05) is 12.8 Å². The van der Waals surface area contributed by atoms with Crippen LogP contribution in [0.3, 0.4) is 0 Å². The minimum Gasteiger partial charge on any atom is -0.497 e. The van der Waals surface area contributed by atoms with E-state index in [1.807, 2.05) is 43.3 Å². The van der Waals surface area contributed by atoms with E-state index in [-0.39, 0.29) is 17.3 Å². The second kappa shape index (κ2) is 9.96. The lowest BCUT2D eigenvalue weighted by Crippen LogP contribution is -2.20. The van der Waals surface area contributed by atoms with Crippen LogP contribution in [0.15, 0.2) is 63.2 Å². The molecule has 0 aliphatic heterocycles. The summed E-state index contributed by atoms with van der Waals surface area (Å²) in [5.74, 6) is 0.757. The summed E-state index contributed by atoms with van der Waals surface area (Å²) >= 11 is 1.51. The topological polar surface area (TPSA) is 146 Å². The van der Waals surface area contributed by atoms with Crippen molar-refractivity contribution in [2.45, 2.75) is 17.6 Å². The van der Waals surface area contributed by atoms with Crippen molar-refractivity contribution in [2.24, 2.45) is 5.10 Å². The molecule has 0 saturated carbocycles. The van der Waals surface area contributed by atoms with Crippen LogP contribution in [0.4, 0.5) is 5.82 Å². The number of anilines is 1. The molecule has 1 amide bonds. The van der Waals surface area contributed by atoms with E-state index in [1.165, 1.54) is 22.7 Å². The van der Waals surface area contributed by atoms with Crippen molar-refractivity contribution >= 4 is 29.7 Å². The Morgan fingerprint density at radius 3 is 2.64 bits per heavy atom. The fraction of sp³-hybridized carbons (Fsp3) is 0.143. The van der Waals surface area contributed by atoms with E-state index >= 15 is 0 Å². The lowest BCUT2D eigenvalue weighted by atomic mass is 10.2. The highest BCUT2D eigenvalue weighted by Gasteiger charge is 2.24. The highest BCUT2D eigenvalue weighted by atomic mass is 32.2. The van der Waals surface area contributed by atoms with E-state index < -0.39 is 5.91 Å². The molecule has 4 rings (SSSR count). The Morgan fingerprint density at radius 2 is 1.97 bits per heavy atom. The molecule has 2 heterocycles. The molecule has 12 heteroatoms. The summed E-state index contributed by atoms with van der Waals surface area (Å²) in [5, 5.41) is 19.4. The first kappa shape index (κ1) is 22.0. The molecule has 3 N–H and O–H groups in total. The fourth-order valence-electron chi connectivity index (χ4n) is 2.81. The van der Waals surface area contributed by atoms with Crippen LogP contribution in [-0.2, 0) is 5.75 Å². The number of benzene rings is 2. The number of hydrogen-bond acceptors (Lipinski definition) is 10. The largest absolute Gasteiger partial charge is 0.497 e. The van der Waals surface area contributed by atoms with Crippen molar-refractivity contribution in [3.63, 3.8) is 0 Å². The van der Waals surface area contributed by atoms with Crippen molar-refractivity contribution in [1.29, 1.82) is 0 Å². The van der Waals surface area contributed by atoms with E-state index in [0.29, 0.717) is 11.4 Å². The van der Waals surface area contributed by atoms with Gasteiger partial charge in [0, 0.05) is 10.6 Å². The standard InChI is InChI=1S/C21H20N8O3S/c1-13-3-9-16(10-4-13)33-12-17-18(24-28-29(17)20-19(22)26-32-27-20)21(30)25-23-11-14-5-7-15(31-2)8-6-14/h3-11H,12H2,1-2H3,(H2,22,26)(H,25,30)/b23-11+. The van der Waals surface area contributed by atoms with Crippen LogP contribution < -0.4 is 15.9 Å². The van der Waals surface area contributed by atoms with E-state index in [1.54, 1.807) is 19.2 Å². The van der Waals surface area contributed by atoms with Gasteiger partial charge >= 0.3 is 0 Å². The molecule has 0 aliphatic rings. The number of methoxy groups -OCH3 is 1. The summed E-state index contributed by atoms with van der Waals surface area (Å²) in [6.07, 6.45) is 1.52. The van der Waals surface area contributed by atoms with Gasteiger partial charge in [-0.2, -0.15) is 9.78 Å². The zero-order chi connectivity index (χ0) is 23.2. The number of amides is 1. The van der Waals surface area contributed by atoms with Crippen LogP contribution in [0.2, 0.25) is 0 Å². The summed E-state index contributed by atoms with van der Waals surface area (Å²) in [6.45, 7) is 2.02. The van der Waals surface area contributed by atoms with Gasteiger partial charge in [-0.05, 0) is 59.2 Å². The van der Waals surface area contributed by atoms with Gasteiger partial charge in [0.2, 0.25) is 11.6 Å². The number of thioether (sulfide) groups is 1. The Morgan fingerprint density at radius 1 is 1.21 bits per heavy atom. The number of nitrogens with two attached hydrogens (primary N) is 1. The van der Waals surface area contributed by atoms with Crippen LogP contribution >= 0.6 is 11.8 Å². The van der Waals surface area contributed by atoms with Gasteiger partial charge in [0.1, 0.15) is 5.75 Å². The number of carbonyl (C=O) groups is 1. The Kier molecular flexibility index (Phi) is 6.64. The molecular weight excluding hydrogens is 444 g/mol. The average molecular weight is 465 g/mol. The molecule has 33 heavy (non-hydrogen) atoms. The molecule has 0 unspecified atom stereocenters. The van der Waals surface area contributed by atoms with Gasteiger partial charge in [0.15, 0.2) is 5.69 Å². The number of ether oxygens (including phenoxy) is 1. The predicted molar refractivity (Wildman–Crippen MR) is 122 cm³/mol. The Balaban J connectivity index is 1.55.